The van der Waals surface area contributed by atoms with Crippen molar-refractivity contribution in [2.75, 3.05) is 7.11 Å². The van der Waals surface area contributed by atoms with Crippen molar-refractivity contribution in [1.29, 1.82) is 0 Å². The fraction of sp³-hybridized carbons (Fsp3) is 0.400. The van der Waals surface area contributed by atoms with Crippen LogP contribution in [0.3, 0.4) is 0 Å². The first-order valence-electron chi connectivity index (χ1n) is 14.7. The van der Waals surface area contributed by atoms with Gasteiger partial charge in [-0.3, -0.25) is 4.79 Å². The molecule has 3 aromatic carbocycles. The van der Waals surface area contributed by atoms with Gasteiger partial charge < -0.3 is 24.4 Å². The molecule has 0 aromatic heterocycles. The molecule has 2 N–H and O–H groups in total. The third-order valence-corrected chi connectivity index (χ3v) is 6.94. The van der Waals surface area contributed by atoms with E-state index in [0.29, 0.717) is 41.4 Å². The van der Waals surface area contributed by atoms with E-state index < -0.39 is 6.10 Å². The van der Waals surface area contributed by atoms with Gasteiger partial charge in [-0.05, 0) is 36.2 Å². The predicted octanol–water partition coefficient (Wildman–Crippen LogP) is 8.55. The second kappa shape index (κ2) is 17.8. The lowest BCUT2D eigenvalue weighted by atomic mass is 10.1. The minimum atomic E-state index is -1.02. The number of esters is 1. The highest BCUT2D eigenvalue weighted by molar-refractivity contribution is 5.74. The van der Waals surface area contributed by atoms with E-state index in [1.807, 2.05) is 30.3 Å². The van der Waals surface area contributed by atoms with E-state index >= 15 is 0 Å². The number of carbonyl (C=O) groups excluding carboxylic acids is 1. The summed E-state index contributed by atoms with van der Waals surface area (Å²) in [7, 11) is 1.56. The number of unbranched alkanes of at least 4 members (excludes halogenated alkanes) is 8. The molecule has 220 valence electrons. The van der Waals surface area contributed by atoms with Gasteiger partial charge in [-0.1, -0.05) is 101 Å². The van der Waals surface area contributed by atoms with Crippen LogP contribution in [0.1, 0.15) is 93.9 Å². The highest BCUT2D eigenvalue weighted by Crippen LogP contribution is 2.32. The first kappa shape index (κ1) is 31.8. The second-order valence-electron chi connectivity index (χ2n) is 10.3. The third kappa shape index (κ3) is 11.3. The highest BCUT2D eigenvalue weighted by atomic mass is 16.5. The van der Waals surface area contributed by atoms with Crippen LogP contribution in [0.15, 0.2) is 72.8 Å². The van der Waals surface area contributed by atoms with E-state index in [2.05, 4.69) is 6.92 Å². The molecule has 0 bridgehead atoms. The van der Waals surface area contributed by atoms with E-state index in [1.54, 1.807) is 43.5 Å². The van der Waals surface area contributed by atoms with E-state index in [0.717, 1.165) is 24.8 Å². The zero-order valence-corrected chi connectivity index (χ0v) is 24.4. The van der Waals surface area contributed by atoms with Crippen molar-refractivity contribution in [2.45, 2.75) is 83.8 Å². The molecule has 0 aliphatic heterocycles. The van der Waals surface area contributed by atoms with Crippen molar-refractivity contribution < 1.29 is 29.2 Å². The number of methoxy groups -OCH3 is 1. The van der Waals surface area contributed by atoms with Crippen LogP contribution < -0.4 is 14.2 Å². The lowest BCUT2D eigenvalue weighted by Crippen LogP contribution is -2.08. The van der Waals surface area contributed by atoms with Gasteiger partial charge in [0.2, 0.25) is 0 Å². The van der Waals surface area contributed by atoms with Crippen molar-refractivity contribution in [3.63, 3.8) is 0 Å². The maximum atomic E-state index is 12.6. The van der Waals surface area contributed by atoms with Gasteiger partial charge in [0, 0.05) is 29.7 Å². The number of rotatable bonds is 18. The van der Waals surface area contributed by atoms with Crippen molar-refractivity contribution in [3.8, 4) is 23.0 Å². The standard InChI is InChI=1S/C35H44O6/c1-3-4-5-6-7-8-9-10-14-17-35(38)41-33-25-30(39-2)21-18-28(33)19-23-32(37)31-22-20-29(36)24-34(31)40-26-27-15-12-11-13-16-27/h11-13,15-16,18-25,32,36-37H,3-10,14,17,26H2,1-2H3. The molecular weight excluding hydrogens is 516 g/mol. The van der Waals surface area contributed by atoms with Crippen LogP contribution in [0.5, 0.6) is 23.0 Å². The molecule has 41 heavy (non-hydrogen) atoms. The molecular formula is C35H44O6. The molecule has 0 spiro atoms. The summed E-state index contributed by atoms with van der Waals surface area (Å²) in [5.41, 5.74) is 2.11. The molecule has 1 atom stereocenters. The molecule has 6 nitrogen and oxygen atoms in total. The maximum absolute atomic E-state index is 12.6. The molecule has 0 radical (unpaired) electrons. The van der Waals surface area contributed by atoms with Crippen LogP contribution in [0, 0.1) is 0 Å². The molecule has 0 aliphatic rings. The zero-order chi connectivity index (χ0) is 29.3. The Morgan fingerprint density at radius 3 is 2.27 bits per heavy atom. The summed E-state index contributed by atoms with van der Waals surface area (Å²) in [5.74, 6) is 1.09. The average molecular weight is 561 g/mol. The summed E-state index contributed by atoms with van der Waals surface area (Å²) in [4.78, 5) is 12.6. The Morgan fingerprint density at radius 1 is 0.854 bits per heavy atom. The van der Waals surface area contributed by atoms with Crippen LogP contribution in [0.2, 0.25) is 0 Å². The average Bonchev–Trinajstić information content (AvgIpc) is 2.99. The Bertz CT molecular complexity index is 1220. The maximum Gasteiger partial charge on any atom is 0.311 e. The van der Waals surface area contributed by atoms with Crippen molar-refractivity contribution >= 4 is 12.0 Å². The summed E-state index contributed by atoms with van der Waals surface area (Å²) in [6.45, 7) is 2.52. The summed E-state index contributed by atoms with van der Waals surface area (Å²) >= 11 is 0. The first-order chi connectivity index (χ1) is 20.0. The third-order valence-electron chi connectivity index (χ3n) is 6.94. The number of phenols is 1. The largest absolute Gasteiger partial charge is 0.508 e. The van der Waals surface area contributed by atoms with Gasteiger partial charge >= 0.3 is 5.97 Å². The topological polar surface area (TPSA) is 85.2 Å². The molecule has 1 unspecified atom stereocenters. The van der Waals surface area contributed by atoms with Gasteiger partial charge in [-0.15, -0.1) is 0 Å². The summed E-state index contributed by atoms with van der Waals surface area (Å²) in [5, 5.41) is 21.0. The fourth-order valence-corrected chi connectivity index (χ4v) is 4.55. The number of ether oxygens (including phenoxy) is 3. The van der Waals surface area contributed by atoms with E-state index in [9.17, 15) is 15.0 Å². The minimum Gasteiger partial charge on any atom is -0.508 e. The summed E-state index contributed by atoms with van der Waals surface area (Å²) in [6.07, 6.45) is 13.3. The number of aromatic hydroxyl groups is 1. The molecule has 6 heteroatoms. The smallest absolute Gasteiger partial charge is 0.311 e. The Morgan fingerprint density at radius 2 is 1.56 bits per heavy atom. The normalized spacial score (nSPS) is 11.9. The molecule has 3 rings (SSSR count). The van der Waals surface area contributed by atoms with Crippen molar-refractivity contribution in [2.24, 2.45) is 0 Å². The van der Waals surface area contributed by atoms with Crippen LogP contribution in [-0.4, -0.2) is 23.3 Å². The molecule has 3 aromatic rings. The number of phenolic OH excluding ortho intramolecular Hbond substituents is 1. The lowest BCUT2D eigenvalue weighted by Gasteiger charge is -2.15. The number of hydrogen-bond donors (Lipinski definition) is 2. The SMILES string of the molecule is CCCCCCCCCCCC(=O)Oc1cc(OC)ccc1C=CC(O)c1ccc(O)cc1OCc1ccccc1. The van der Waals surface area contributed by atoms with Crippen LogP contribution in [-0.2, 0) is 11.4 Å². The lowest BCUT2D eigenvalue weighted by molar-refractivity contribution is -0.134. The molecule has 0 saturated heterocycles. The summed E-state index contributed by atoms with van der Waals surface area (Å²) in [6, 6.07) is 19.5. The van der Waals surface area contributed by atoms with Gasteiger partial charge in [0.25, 0.3) is 0 Å². The molecule has 0 fully saturated rings. The van der Waals surface area contributed by atoms with Crippen molar-refractivity contribution in [1.82, 2.24) is 0 Å². The van der Waals surface area contributed by atoms with Crippen molar-refractivity contribution in [3.05, 3.63) is 89.5 Å². The monoisotopic (exact) mass is 560 g/mol. The number of hydrogen-bond acceptors (Lipinski definition) is 6. The Hall–Kier alpha value is -3.77. The number of aliphatic hydroxyl groups excluding tert-OH is 1. The van der Waals surface area contributed by atoms with Gasteiger partial charge in [-0.2, -0.15) is 0 Å². The van der Waals surface area contributed by atoms with Gasteiger partial charge in [0.1, 0.15) is 35.7 Å². The van der Waals surface area contributed by atoms with Gasteiger partial charge in [0.05, 0.1) is 7.11 Å². The van der Waals surface area contributed by atoms with E-state index in [4.69, 9.17) is 14.2 Å². The zero-order valence-electron chi connectivity index (χ0n) is 24.4. The van der Waals surface area contributed by atoms with Gasteiger partial charge in [-0.25, -0.2) is 0 Å². The Kier molecular flexibility index (Phi) is 13.8. The summed E-state index contributed by atoms with van der Waals surface area (Å²) < 4.78 is 17.0. The quantitative estimate of drug-likeness (QED) is 0.0921. The first-order valence-corrected chi connectivity index (χ1v) is 14.7. The number of benzene rings is 3. The number of aliphatic hydroxyl groups is 1. The van der Waals surface area contributed by atoms with E-state index in [1.165, 1.54) is 50.7 Å². The molecule has 0 heterocycles. The number of carbonyl (C=O) groups is 1. The van der Waals surface area contributed by atoms with Gasteiger partial charge in [0.15, 0.2) is 0 Å². The molecule has 0 aliphatic carbocycles. The minimum absolute atomic E-state index is 0.0457. The van der Waals surface area contributed by atoms with Crippen LogP contribution >= 0.6 is 0 Å². The highest BCUT2D eigenvalue weighted by Gasteiger charge is 2.14. The second-order valence-corrected chi connectivity index (χ2v) is 10.3. The van der Waals surface area contributed by atoms with Crippen LogP contribution in [0.4, 0.5) is 0 Å². The molecule has 0 amide bonds. The fourth-order valence-electron chi connectivity index (χ4n) is 4.55. The predicted molar refractivity (Wildman–Crippen MR) is 163 cm³/mol. The van der Waals surface area contributed by atoms with Crippen LogP contribution in [0.25, 0.3) is 6.08 Å². The Labute approximate surface area is 244 Å². The molecule has 0 saturated carbocycles. The van der Waals surface area contributed by atoms with E-state index in [-0.39, 0.29) is 11.7 Å². The Balaban J connectivity index is 1.59.